The topological polar surface area (TPSA) is 76.5 Å². The molecular weight excluding hydrogens is 338 g/mol. The van der Waals surface area contributed by atoms with E-state index in [2.05, 4.69) is 20.2 Å². The summed E-state index contributed by atoms with van der Waals surface area (Å²) >= 11 is 6.32. The van der Waals surface area contributed by atoms with Crippen LogP contribution in [0.5, 0.6) is 0 Å². The second kappa shape index (κ2) is 6.33. The first kappa shape index (κ1) is 15.3. The second-order valence-electron chi connectivity index (χ2n) is 5.32. The fourth-order valence-corrected chi connectivity index (χ4v) is 2.63. The summed E-state index contributed by atoms with van der Waals surface area (Å²) < 4.78 is 0. The standard InChI is InChI=1S/C18H12ClN5O/c19-15(17-21-16-9-5-4-8-14(16)18(25)22-17)10-12-11-20-24(23-12)13-6-2-1-3-7-13/h1-11H,(H,21,22,25)/b15-10-. The minimum atomic E-state index is -0.236. The summed E-state index contributed by atoms with van der Waals surface area (Å²) in [5.74, 6) is 0.291. The first-order valence-corrected chi connectivity index (χ1v) is 7.93. The number of hydrogen-bond donors (Lipinski definition) is 1. The molecule has 0 amide bonds. The minimum absolute atomic E-state index is 0.236. The number of benzene rings is 2. The molecule has 0 saturated carbocycles. The minimum Gasteiger partial charge on any atom is -0.305 e. The van der Waals surface area contributed by atoms with Gasteiger partial charge in [-0.05, 0) is 30.3 Å². The predicted octanol–water partition coefficient (Wildman–Crippen LogP) is 3.24. The lowest BCUT2D eigenvalue weighted by Gasteiger charge is -2.01. The molecule has 0 atom stereocenters. The summed E-state index contributed by atoms with van der Waals surface area (Å²) in [4.78, 5) is 20.7. The zero-order valence-electron chi connectivity index (χ0n) is 12.9. The van der Waals surface area contributed by atoms with Gasteiger partial charge in [-0.1, -0.05) is 41.9 Å². The average Bonchev–Trinajstić information content (AvgIpc) is 3.11. The van der Waals surface area contributed by atoms with Gasteiger partial charge in [0.05, 0.1) is 27.8 Å². The Morgan fingerprint density at radius 1 is 1.08 bits per heavy atom. The molecule has 0 unspecified atom stereocenters. The van der Waals surface area contributed by atoms with Gasteiger partial charge in [0.15, 0.2) is 5.82 Å². The first-order valence-electron chi connectivity index (χ1n) is 7.55. The van der Waals surface area contributed by atoms with Crippen molar-refractivity contribution in [1.82, 2.24) is 25.0 Å². The molecule has 0 saturated heterocycles. The van der Waals surface area contributed by atoms with Crippen molar-refractivity contribution in [2.45, 2.75) is 0 Å². The lowest BCUT2D eigenvalue weighted by molar-refractivity contribution is 0.750. The number of H-pyrrole nitrogens is 1. The third-order valence-electron chi connectivity index (χ3n) is 3.61. The Bertz CT molecular complexity index is 1130. The predicted molar refractivity (Wildman–Crippen MR) is 97.4 cm³/mol. The van der Waals surface area contributed by atoms with Gasteiger partial charge in [0.1, 0.15) is 5.69 Å². The monoisotopic (exact) mass is 349 g/mol. The first-order chi connectivity index (χ1) is 12.2. The SMILES string of the molecule is O=c1[nH]c(/C(Cl)=C/c2cnn(-c3ccccc3)n2)nc2ccccc12. The normalized spacial score (nSPS) is 11.8. The highest BCUT2D eigenvalue weighted by atomic mass is 35.5. The average molecular weight is 350 g/mol. The zero-order valence-corrected chi connectivity index (χ0v) is 13.7. The maximum Gasteiger partial charge on any atom is 0.259 e. The van der Waals surface area contributed by atoms with Crippen LogP contribution in [-0.2, 0) is 0 Å². The van der Waals surface area contributed by atoms with Crippen molar-refractivity contribution >= 4 is 33.6 Å². The van der Waals surface area contributed by atoms with E-state index in [4.69, 9.17) is 11.6 Å². The van der Waals surface area contributed by atoms with Gasteiger partial charge in [0.25, 0.3) is 5.56 Å². The number of aromatic amines is 1. The third kappa shape index (κ3) is 3.07. The van der Waals surface area contributed by atoms with E-state index in [1.54, 1.807) is 30.5 Å². The Hall–Kier alpha value is -3.25. The summed E-state index contributed by atoms with van der Waals surface area (Å²) in [5, 5.41) is 9.37. The molecule has 1 N–H and O–H groups in total. The number of nitrogens with zero attached hydrogens (tertiary/aromatic N) is 4. The maximum absolute atomic E-state index is 12.1. The number of nitrogens with one attached hydrogen (secondary N) is 1. The third-order valence-corrected chi connectivity index (χ3v) is 3.90. The Balaban J connectivity index is 1.70. The van der Waals surface area contributed by atoms with Crippen LogP contribution < -0.4 is 5.56 Å². The number of halogens is 1. The molecule has 2 aromatic heterocycles. The molecule has 0 spiro atoms. The Kier molecular flexibility index (Phi) is 3.87. The second-order valence-corrected chi connectivity index (χ2v) is 5.73. The van der Waals surface area contributed by atoms with Gasteiger partial charge in [-0.3, -0.25) is 4.79 Å². The van der Waals surface area contributed by atoms with Crippen molar-refractivity contribution in [3.63, 3.8) is 0 Å². The van der Waals surface area contributed by atoms with Crippen molar-refractivity contribution < 1.29 is 0 Å². The van der Waals surface area contributed by atoms with E-state index in [1.165, 1.54) is 4.80 Å². The fourth-order valence-electron chi connectivity index (χ4n) is 2.42. The van der Waals surface area contributed by atoms with Crippen molar-refractivity contribution in [3.05, 3.63) is 82.7 Å². The van der Waals surface area contributed by atoms with Gasteiger partial charge in [0, 0.05) is 0 Å². The van der Waals surface area contributed by atoms with Crippen molar-refractivity contribution in [1.29, 1.82) is 0 Å². The van der Waals surface area contributed by atoms with E-state index in [0.717, 1.165) is 5.69 Å². The van der Waals surface area contributed by atoms with Gasteiger partial charge in [0.2, 0.25) is 0 Å². The van der Waals surface area contributed by atoms with E-state index in [9.17, 15) is 4.79 Å². The Morgan fingerprint density at radius 2 is 1.84 bits per heavy atom. The summed E-state index contributed by atoms with van der Waals surface area (Å²) in [6, 6.07) is 16.6. The largest absolute Gasteiger partial charge is 0.305 e. The van der Waals surface area contributed by atoms with Crippen molar-refractivity contribution in [2.75, 3.05) is 0 Å². The highest BCUT2D eigenvalue weighted by Crippen LogP contribution is 2.19. The molecule has 0 aliphatic carbocycles. The fraction of sp³-hybridized carbons (Fsp3) is 0. The summed E-state index contributed by atoms with van der Waals surface area (Å²) in [5.41, 5.74) is 1.75. The molecule has 6 nitrogen and oxygen atoms in total. The van der Waals surface area contributed by atoms with E-state index in [-0.39, 0.29) is 10.6 Å². The molecule has 122 valence electrons. The Labute approximate surface area is 147 Å². The number of para-hydroxylation sites is 2. The van der Waals surface area contributed by atoms with Gasteiger partial charge in [-0.15, -0.1) is 5.10 Å². The smallest absolute Gasteiger partial charge is 0.259 e. The molecule has 2 aromatic carbocycles. The number of rotatable bonds is 3. The molecular formula is C18H12ClN5O. The van der Waals surface area contributed by atoms with Crippen molar-refractivity contribution in [3.8, 4) is 5.69 Å². The van der Waals surface area contributed by atoms with Crippen LogP contribution in [-0.4, -0.2) is 25.0 Å². The summed E-state index contributed by atoms with van der Waals surface area (Å²) in [6.07, 6.45) is 3.20. The molecule has 7 heteroatoms. The molecule has 0 bridgehead atoms. The summed E-state index contributed by atoms with van der Waals surface area (Å²) in [6.45, 7) is 0. The van der Waals surface area contributed by atoms with Gasteiger partial charge < -0.3 is 4.98 Å². The quantitative estimate of drug-likeness (QED) is 0.616. The van der Waals surface area contributed by atoms with E-state index in [1.807, 2.05) is 36.4 Å². The number of fused-ring (bicyclic) bond motifs is 1. The van der Waals surface area contributed by atoms with Gasteiger partial charge in [-0.25, -0.2) is 4.98 Å². The molecule has 0 fully saturated rings. The lowest BCUT2D eigenvalue weighted by Crippen LogP contribution is -2.10. The van der Waals surface area contributed by atoms with Crippen LogP contribution in [0.3, 0.4) is 0 Å². The molecule has 4 aromatic rings. The van der Waals surface area contributed by atoms with Crippen LogP contribution >= 0.6 is 11.6 Å². The van der Waals surface area contributed by atoms with Crippen LogP contribution in [0.4, 0.5) is 0 Å². The number of hydrogen-bond acceptors (Lipinski definition) is 4. The highest BCUT2D eigenvalue weighted by Gasteiger charge is 2.08. The number of aromatic nitrogens is 5. The van der Waals surface area contributed by atoms with Gasteiger partial charge in [-0.2, -0.15) is 9.90 Å². The van der Waals surface area contributed by atoms with Crippen LogP contribution in [0.1, 0.15) is 11.5 Å². The molecule has 0 aliphatic rings. The van der Waals surface area contributed by atoms with Crippen LogP contribution in [0, 0.1) is 0 Å². The van der Waals surface area contributed by atoms with Crippen LogP contribution in [0.2, 0.25) is 0 Å². The molecule has 0 radical (unpaired) electrons. The Morgan fingerprint density at radius 3 is 2.68 bits per heavy atom. The molecule has 0 aliphatic heterocycles. The zero-order chi connectivity index (χ0) is 17.2. The van der Waals surface area contributed by atoms with Crippen LogP contribution in [0.25, 0.3) is 27.7 Å². The van der Waals surface area contributed by atoms with Gasteiger partial charge >= 0.3 is 0 Å². The highest BCUT2D eigenvalue weighted by molar-refractivity contribution is 6.50. The molecule has 25 heavy (non-hydrogen) atoms. The molecule has 2 heterocycles. The van der Waals surface area contributed by atoms with Crippen LogP contribution in [0.15, 0.2) is 65.6 Å². The summed E-state index contributed by atoms with van der Waals surface area (Å²) in [7, 11) is 0. The molecule has 4 rings (SSSR count). The van der Waals surface area contributed by atoms with E-state index in [0.29, 0.717) is 22.4 Å². The van der Waals surface area contributed by atoms with Crippen molar-refractivity contribution in [2.24, 2.45) is 0 Å². The maximum atomic E-state index is 12.1. The van der Waals surface area contributed by atoms with E-state index >= 15 is 0 Å². The van der Waals surface area contributed by atoms with E-state index < -0.39 is 0 Å². The lowest BCUT2D eigenvalue weighted by atomic mass is 10.2.